The Labute approximate surface area is 154 Å². The maximum Gasteiger partial charge on any atom is 0.239 e. The summed E-state index contributed by atoms with van der Waals surface area (Å²) in [5, 5.41) is 2.86. The standard InChI is InChI=1S/C21H25FN2O2/c1-17(25)24(15-13-19-9-11-20(22)12-10-19)16-21(26)23-14-5-8-18-6-3-2-4-7-18/h2-4,6-7,9-12H,5,8,13-16H2,1H3,(H,23,26). The molecule has 0 atom stereocenters. The van der Waals surface area contributed by atoms with Crippen molar-refractivity contribution in [3.05, 3.63) is 71.5 Å². The van der Waals surface area contributed by atoms with Gasteiger partial charge in [-0.2, -0.15) is 0 Å². The number of carbonyl (C=O) groups excluding carboxylic acids is 2. The quantitative estimate of drug-likeness (QED) is 0.702. The van der Waals surface area contributed by atoms with Gasteiger partial charge in [0.1, 0.15) is 5.82 Å². The molecule has 0 radical (unpaired) electrons. The van der Waals surface area contributed by atoms with Crippen LogP contribution < -0.4 is 5.32 Å². The third-order valence-corrected chi connectivity index (χ3v) is 4.17. The van der Waals surface area contributed by atoms with Gasteiger partial charge in [-0.05, 0) is 42.5 Å². The lowest BCUT2D eigenvalue weighted by molar-refractivity contribution is -0.134. The summed E-state index contributed by atoms with van der Waals surface area (Å²) in [5.74, 6) is -0.592. The number of benzene rings is 2. The van der Waals surface area contributed by atoms with E-state index in [0.717, 1.165) is 18.4 Å². The number of rotatable bonds is 9. The number of carbonyl (C=O) groups is 2. The van der Waals surface area contributed by atoms with E-state index in [4.69, 9.17) is 0 Å². The zero-order valence-electron chi connectivity index (χ0n) is 15.1. The lowest BCUT2D eigenvalue weighted by Gasteiger charge is -2.20. The third kappa shape index (κ3) is 7.05. The van der Waals surface area contributed by atoms with E-state index in [1.807, 2.05) is 18.2 Å². The Bertz CT molecular complexity index is 702. The number of halogens is 1. The zero-order valence-corrected chi connectivity index (χ0v) is 15.1. The summed E-state index contributed by atoms with van der Waals surface area (Å²) in [7, 11) is 0. The molecule has 138 valence electrons. The van der Waals surface area contributed by atoms with Gasteiger partial charge in [0, 0.05) is 20.0 Å². The fourth-order valence-electron chi connectivity index (χ4n) is 2.66. The molecular weight excluding hydrogens is 331 g/mol. The highest BCUT2D eigenvalue weighted by Crippen LogP contribution is 2.05. The summed E-state index contributed by atoms with van der Waals surface area (Å²) in [6.07, 6.45) is 2.34. The van der Waals surface area contributed by atoms with Gasteiger partial charge in [-0.1, -0.05) is 42.5 Å². The van der Waals surface area contributed by atoms with E-state index in [9.17, 15) is 14.0 Å². The van der Waals surface area contributed by atoms with Crippen molar-refractivity contribution in [3.63, 3.8) is 0 Å². The molecule has 5 heteroatoms. The summed E-state index contributed by atoms with van der Waals surface area (Å²) in [4.78, 5) is 25.3. The Hall–Kier alpha value is -2.69. The first-order valence-electron chi connectivity index (χ1n) is 8.85. The fraction of sp³-hybridized carbons (Fsp3) is 0.333. The SMILES string of the molecule is CC(=O)N(CCc1ccc(F)cc1)CC(=O)NCCCc1ccccc1. The number of nitrogens with zero attached hydrogens (tertiary/aromatic N) is 1. The van der Waals surface area contributed by atoms with Crippen LogP contribution in [-0.2, 0) is 22.4 Å². The van der Waals surface area contributed by atoms with Gasteiger partial charge in [-0.25, -0.2) is 4.39 Å². The monoisotopic (exact) mass is 356 g/mol. The molecule has 2 amide bonds. The van der Waals surface area contributed by atoms with Gasteiger partial charge in [0.2, 0.25) is 11.8 Å². The van der Waals surface area contributed by atoms with Gasteiger partial charge in [0.25, 0.3) is 0 Å². The first kappa shape index (κ1) is 19.6. The smallest absolute Gasteiger partial charge is 0.239 e. The molecule has 4 nitrogen and oxygen atoms in total. The van der Waals surface area contributed by atoms with Crippen LogP contribution in [0.5, 0.6) is 0 Å². The van der Waals surface area contributed by atoms with Crippen molar-refractivity contribution >= 4 is 11.8 Å². The van der Waals surface area contributed by atoms with Crippen LogP contribution in [0.15, 0.2) is 54.6 Å². The number of hydrogen-bond acceptors (Lipinski definition) is 2. The van der Waals surface area contributed by atoms with E-state index in [2.05, 4.69) is 17.4 Å². The molecule has 0 saturated carbocycles. The van der Waals surface area contributed by atoms with Gasteiger partial charge < -0.3 is 10.2 Å². The molecule has 0 aromatic heterocycles. The zero-order chi connectivity index (χ0) is 18.8. The summed E-state index contributed by atoms with van der Waals surface area (Å²) in [5.41, 5.74) is 2.17. The van der Waals surface area contributed by atoms with Gasteiger partial charge in [0.15, 0.2) is 0 Å². The lowest BCUT2D eigenvalue weighted by Crippen LogP contribution is -2.41. The second kappa shape index (κ2) is 10.3. The molecule has 0 heterocycles. The van der Waals surface area contributed by atoms with Crippen LogP contribution in [-0.4, -0.2) is 36.3 Å². The number of aryl methyl sites for hydroxylation is 1. The Morgan fingerprint density at radius 1 is 0.962 bits per heavy atom. The first-order chi connectivity index (χ1) is 12.5. The Kier molecular flexibility index (Phi) is 7.80. The van der Waals surface area contributed by atoms with Crippen LogP contribution in [0.4, 0.5) is 4.39 Å². The highest BCUT2D eigenvalue weighted by atomic mass is 19.1. The Morgan fingerprint density at radius 3 is 2.27 bits per heavy atom. The maximum atomic E-state index is 12.9. The summed E-state index contributed by atoms with van der Waals surface area (Å²) in [6.45, 7) is 2.51. The molecule has 0 bridgehead atoms. The molecule has 0 unspecified atom stereocenters. The first-order valence-corrected chi connectivity index (χ1v) is 8.85. The van der Waals surface area contributed by atoms with E-state index >= 15 is 0 Å². The van der Waals surface area contributed by atoms with E-state index in [1.54, 1.807) is 12.1 Å². The molecular formula is C21H25FN2O2. The molecule has 1 N–H and O–H groups in total. The molecule has 0 fully saturated rings. The highest BCUT2D eigenvalue weighted by molar-refractivity contribution is 5.83. The van der Waals surface area contributed by atoms with E-state index in [1.165, 1.54) is 29.5 Å². The van der Waals surface area contributed by atoms with Crippen molar-refractivity contribution in [2.45, 2.75) is 26.2 Å². The minimum atomic E-state index is -0.285. The predicted octanol–water partition coefficient (Wildman–Crippen LogP) is 2.97. The predicted molar refractivity (Wildman–Crippen MR) is 100 cm³/mol. The van der Waals surface area contributed by atoms with Crippen molar-refractivity contribution in [3.8, 4) is 0 Å². The average Bonchev–Trinajstić information content (AvgIpc) is 2.64. The second-order valence-electron chi connectivity index (χ2n) is 6.26. The van der Waals surface area contributed by atoms with Crippen LogP contribution in [0, 0.1) is 5.82 Å². The van der Waals surface area contributed by atoms with Crippen molar-refractivity contribution in [2.24, 2.45) is 0 Å². The molecule has 26 heavy (non-hydrogen) atoms. The molecule has 2 rings (SSSR count). The summed E-state index contributed by atoms with van der Waals surface area (Å²) < 4.78 is 12.9. The van der Waals surface area contributed by atoms with E-state index in [0.29, 0.717) is 19.5 Å². The Balaban J connectivity index is 1.71. The molecule has 0 aliphatic carbocycles. The maximum absolute atomic E-state index is 12.9. The average molecular weight is 356 g/mol. The number of hydrogen-bond donors (Lipinski definition) is 1. The van der Waals surface area contributed by atoms with Crippen LogP contribution in [0.3, 0.4) is 0 Å². The van der Waals surface area contributed by atoms with Crippen molar-refractivity contribution in [1.29, 1.82) is 0 Å². The van der Waals surface area contributed by atoms with Crippen LogP contribution in [0.2, 0.25) is 0 Å². The van der Waals surface area contributed by atoms with E-state index in [-0.39, 0.29) is 24.2 Å². The topological polar surface area (TPSA) is 49.4 Å². The molecule has 0 saturated heterocycles. The molecule has 2 aromatic rings. The van der Waals surface area contributed by atoms with Gasteiger partial charge in [-0.15, -0.1) is 0 Å². The minimum absolute atomic E-state index is 0.0435. The van der Waals surface area contributed by atoms with Crippen molar-refractivity contribution < 1.29 is 14.0 Å². The van der Waals surface area contributed by atoms with Crippen LogP contribution in [0.1, 0.15) is 24.5 Å². The van der Waals surface area contributed by atoms with Gasteiger partial charge >= 0.3 is 0 Å². The van der Waals surface area contributed by atoms with Crippen molar-refractivity contribution in [1.82, 2.24) is 10.2 Å². The Morgan fingerprint density at radius 2 is 1.62 bits per heavy atom. The highest BCUT2D eigenvalue weighted by Gasteiger charge is 2.13. The molecule has 0 aliphatic rings. The van der Waals surface area contributed by atoms with Crippen molar-refractivity contribution in [2.75, 3.05) is 19.6 Å². The summed E-state index contributed by atoms with van der Waals surface area (Å²) in [6, 6.07) is 16.3. The summed E-state index contributed by atoms with van der Waals surface area (Å²) >= 11 is 0. The van der Waals surface area contributed by atoms with Gasteiger partial charge in [0.05, 0.1) is 6.54 Å². The molecule has 0 aliphatic heterocycles. The van der Waals surface area contributed by atoms with Crippen LogP contribution in [0.25, 0.3) is 0 Å². The minimum Gasteiger partial charge on any atom is -0.355 e. The molecule has 2 aromatic carbocycles. The second-order valence-corrected chi connectivity index (χ2v) is 6.26. The largest absolute Gasteiger partial charge is 0.355 e. The van der Waals surface area contributed by atoms with Gasteiger partial charge in [-0.3, -0.25) is 9.59 Å². The fourth-order valence-corrected chi connectivity index (χ4v) is 2.66. The number of amides is 2. The normalized spacial score (nSPS) is 10.4. The van der Waals surface area contributed by atoms with Crippen LogP contribution >= 0.6 is 0 Å². The third-order valence-electron chi connectivity index (χ3n) is 4.17. The van der Waals surface area contributed by atoms with E-state index < -0.39 is 0 Å². The molecule has 0 spiro atoms. The number of nitrogens with one attached hydrogen (secondary N) is 1. The lowest BCUT2D eigenvalue weighted by atomic mass is 10.1.